The van der Waals surface area contributed by atoms with Crippen molar-refractivity contribution < 1.29 is 47.5 Å². The number of ether oxygens (including phenoxy) is 7. The van der Waals surface area contributed by atoms with Gasteiger partial charge in [0.2, 0.25) is 0 Å². The summed E-state index contributed by atoms with van der Waals surface area (Å²) in [5, 5.41) is 23.6. The number of epoxide rings is 1. The normalized spacial score (nSPS) is 13.2. The Labute approximate surface area is 594 Å². The maximum absolute atomic E-state index is 15.1. The number of benzene rings is 12. The van der Waals surface area contributed by atoms with E-state index in [0.29, 0.717) is 100 Å². The third-order valence-corrected chi connectivity index (χ3v) is 18.3. The molecule has 101 heavy (non-hydrogen) atoms. The van der Waals surface area contributed by atoms with Crippen LogP contribution >= 0.6 is 24.2 Å². The van der Waals surface area contributed by atoms with Gasteiger partial charge in [0.25, 0.3) is 0 Å². The molecule has 0 N–H and O–H groups in total. The van der Waals surface area contributed by atoms with Crippen LogP contribution in [0.5, 0.6) is 28.7 Å². The van der Waals surface area contributed by atoms with E-state index < -0.39 is 17.9 Å². The average Bonchev–Trinajstić information content (AvgIpc) is 1.70. The maximum Gasteiger partial charge on any atom is 0.344 e. The molecule has 1 saturated heterocycles. The van der Waals surface area contributed by atoms with Crippen molar-refractivity contribution in [3.05, 3.63) is 280 Å². The number of carbonyl (C=O) groups excluding carboxylic acids is 3. The molecule has 16 heteroatoms. The number of hydrogen-bond donors (Lipinski definition) is 1. The van der Waals surface area contributed by atoms with E-state index in [1.165, 1.54) is 11.1 Å². The molecular weight excluding hydrogens is 1300 g/mol. The van der Waals surface area contributed by atoms with Crippen LogP contribution in [0.25, 0.3) is 76.8 Å². The summed E-state index contributed by atoms with van der Waals surface area (Å²) in [6.45, 7) is 8.17. The molecule has 1 heterocycles. The molecule has 14 rings (SSSR count). The number of halogens is 1. The van der Waals surface area contributed by atoms with E-state index in [1.807, 2.05) is 116 Å². The third-order valence-electron chi connectivity index (χ3n) is 17.7. The maximum atomic E-state index is 15.1. The highest BCUT2D eigenvalue weighted by Crippen LogP contribution is 2.40. The van der Waals surface area contributed by atoms with E-state index in [-0.39, 0.29) is 40.2 Å². The van der Waals surface area contributed by atoms with Gasteiger partial charge in [-0.15, -0.1) is 5.10 Å². The molecule has 1 atom stereocenters. The smallest absolute Gasteiger partial charge is 0.344 e. The van der Waals surface area contributed by atoms with Crippen molar-refractivity contribution in [3.63, 3.8) is 0 Å². The highest BCUT2D eigenvalue weighted by molar-refractivity contribution is 7.80. The van der Waals surface area contributed by atoms with Crippen LogP contribution in [0.1, 0.15) is 79.4 Å². The molecule has 1 aliphatic carbocycles. The number of hydrogen-bond acceptors (Lipinski definition) is 15. The van der Waals surface area contributed by atoms with Gasteiger partial charge in [-0.2, -0.15) is 27.9 Å². The van der Waals surface area contributed by atoms with Crippen LogP contribution in [-0.2, 0) is 14.3 Å². The lowest BCUT2D eigenvalue weighted by Gasteiger charge is -2.15. The third kappa shape index (κ3) is 15.2. The van der Waals surface area contributed by atoms with Crippen molar-refractivity contribution in [1.82, 2.24) is 0 Å². The Kier molecular flexibility index (Phi) is 19.9. The Bertz CT molecular complexity index is 5310. The molecule has 1 aliphatic heterocycles. The zero-order valence-electron chi connectivity index (χ0n) is 55.7. The van der Waals surface area contributed by atoms with E-state index in [9.17, 15) is 9.59 Å². The minimum absolute atomic E-state index is 0.146. The van der Waals surface area contributed by atoms with Gasteiger partial charge in [-0.1, -0.05) is 162 Å². The molecule has 12 aromatic rings. The van der Waals surface area contributed by atoms with Crippen LogP contribution in [0.2, 0.25) is 5.02 Å². The van der Waals surface area contributed by atoms with Gasteiger partial charge < -0.3 is 33.2 Å². The van der Waals surface area contributed by atoms with Crippen molar-refractivity contribution in [3.8, 4) is 73.3 Å². The number of nitrogens with zero attached hydrogens (tertiary/aromatic N) is 4. The fourth-order valence-corrected chi connectivity index (χ4v) is 13.0. The monoisotopic (exact) mass is 1370 g/mol. The molecular formula is C85H67ClN4O10S. The van der Waals surface area contributed by atoms with Gasteiger partial charge >= 0.3 is 17.9 Å². The van der Waals surface area contributed by atoms with Crippen molar-refractivity contribution >= 4 is 98.3 Å². The molecule has 0 aromatic heterocycles. The average molecular weight is 1370 g/mol. The molecule has 12 aromatic carbocycles. The van der Waals surface area contributed by atoms with Crippen molar-refractivity contribution in [2.75, 3.05) is 39.3 Å². The topological polar surface area (TPSA) is 169 Å². The minimum atomic E-state index is -0.646. The second kappa shape index (κ2) is 30.0. The number of thiol groups is 1. The van der Waals surface area contributed by atoms with Crippen LogP contribution < -0.4 is 23.7 Å². The summed E-state index contributed by atoms with van der Waals surface area (Å²) in [7, 11) is 1.59. The molecule has 2 aliphatic rings. The van der Waals surface area contributed by atoms with E-state index >= 15 is 4.79 Å². The molecule has 14 nitrogen and oxygen atoms in total. The zero-order chi connectivity index (χ0) is 69.5. The predicted molar refractivity (Wildman–Crippen MR) is 405 cm³/mol. The Morgan fingerprint density at radius 2 is 1.19 bits per heavy atom. The van der Waals surface area contributed by atoms with Crippen molar-refractivity contribution in [2.24, 2.45) is 20.4 Å². The summed E-state index contributed by atoms with van der Waals surface area (Å²) in [6, 6.07) is 71.5. The first kappa shape index (κ1) is 66.9. The standard InChI is InChI=1S/C85H67ClN4O10S/c1-51-38-52(2)40-64(39-51)56-18-16-55(17-19-56)59-23-31-78(98-81(91)34-37-101)75(45-59)53(3)89-87-47-54-14-15-58-42-61(21-20-57(58)41-54)76-46-66(96-36-9-35-95-49-67-50-97-67)27-30-74(76)85(93)99-79-32-24-60-43-63(84(92)100-80-33-25-62-44-65(94-4)26-29-69(62)82(80)86)22-28-68(60)77(79)48-88-90-83-72-12-7-5-10-70(72)71-11-6-8-13-73(71)83/h5-8,10-33,38-48,67,101H,9,34-37,49-50H2,1-4H3/b87-47+,88-48+,89-53+. The lowest BCUT2D eigenvalue weighted by atomic mass is 9.96. The summed E-state index contributed by atoms with van der Waals surface area (Å²) in [5.41, 5.74) is 15.5. The highest BCUT2D eigenvalue weighted by Gasteiger charge is 2.26. The fourth-order valence-electron chi connectivity index (χ4n) is 12.5. The van der Waals surface area contributed by atoms with E-state index in [1.54, 1.807) is 80.2 Å². The molecule has 0 amide bonds. The van der Waals surface area contributed by atoms with Crippen LogP contribution in [0.15, 0.2) is 245 Å². The summed E-state index contributed by atoms with van der Waals surface area (Å²) in [6.07, 6.45) is 4.20. The lowest BCUT2D eigenvalue weighted by molar-refractivity contribution is -0.133. The van der Waals surface area contributed by atoms with E-state index in [2.05, 4.69) is 91.3 Å². The number of rotatable bonds is 23. The fraction of sp³-hybridized carbons (Fsp3) is 0.141. The number of esters is 3. The number of carbonyl (C=O) groups is 3. The van der Waals surface area contributed by atoms with Crippen LogP contribution in [-0.4, -0.2) is 87.2 Å². The summed E-state index contributed by atoms with van der Waals surface area (Å²) < 4.78 is 41.1. The lowest BCUT2D eigenvalue weighted by Crippen LogP contribution is -2.12. The SMILES string of the molecule is COc1ccc2c(Cl)c(OC(=O)c3ccc4c(/C=N/N=C5c6ccccc6-c6ccccc65)c(OC(=O)c5ccc(OCCCOCC6CO6)cc5-c5ccc6cc(/C=N/N=C(\C)c7cc(-c8ccc(-c9cc(C)cc(C)c9)cc8)ccc7OC(=O)CCS)ccc6c5)ccc4c3)ccc2c1. The minimum Gasteiger partial charge on any atom is -0.497 e. The first-order valence-electron chi connectivity index (χ1n) is 33.1. The van der Waals surface area contributed by atoms with Gasteiger partial charge in [0.1, 0.15) is 40.6 Å². The van der Waals surface area contributed by atoms with Crippen LogP contribution in [0.4, 0.5) is 0 Å². The Balaban J connectivity index is 0.760. The number of methoxy groups -OCH3 is 1. The van der Waals surface area contributed by atoms with Gasteiger partial charge in [0.15, 0.2) is 0 Å². The van der Waals surface area contributed by atoms with Gasteiger partial charge in [0, 0.05) is 46.4 Å². The Morgan fingerprint density at radius 1 is 0.545 bits per heavy atom. The quantitative estimate of drug-likeness (QED) is 0.0124. The van der Waals surface area contributed by atoms with Gasteiger partial charge in [-0.25, -0.2) is 9.59 Å². The van der Waals surface area contributed by atoms with Gasteiger partial charge in [0.05, 0.1) is 67.6 Å². The van der Waals surface area contributed by atoms with E-state index in [4.69, 9.17) is 55.0 Å². The first-order chi connectivity index (χ1) is 49.3. The van der Waals surface area contributed by atoms with Crippen LogP contribution in [0, 0.1) is 13.8 Å². The largest absolute Gasteiger partial charge is 0.497 e. The summed E-state index contributed by atoms with van der Waals surface area (Å²) in [5.74, 6) is 0.670. The summed E-state index contributed by atoms with van der Waals surface area (Å²) in [4.78, 5) is 41.9. The number of fused-ring (bicyclic) bond motifs is 6. The number of aryl methyl sites for hydroxylation is 2. The van der Waals surface area contributed by atoms with Gasteiger partial charge in [-0.05, 0) is 183 Å². The molecule has 500 valence electrons. The van der Waals surface area contributed by atoms with Crippen molar-refractivity contribution in [2.45, 2.75) is 39.7 Å². The van der Waals surface area contributed by atoms with E-state index in [0.717, 1.165) is 71.8 Å². The highest BCUT2D eigenvalue weighted by atomic mass is 35.5. The molecule has 0 saturated carbocycles. The molecule has 0 bridgehead atoms. The predicted octanol–water partition coefficient (Wildman–Crippen LogP) is 19.0. The molecule has 1 unspecified atom stereocenters. The molecule has 1 fully saturated rings. The molecule has 0 radical (unpaired) electrons. The van der Waals surface area contributed by atoms with Crippen LogP contribution in [0.3, 0.4) is 0 Å². The Morgan fingerprint density at radius 3 is 1.93 bits per heavy atom. The molecule has 0 spiro atoms. The van der Waals surface area contributed by atoms with Gasteiger partial charge in [-0.3, -0.25) is 4.79 Å². The Hall–Kier alpha value is -11.3. The summed E-state index contributed by atoms with van der Waals surface area (Å²) >= 11 is 11.1. The second-order valence-electron chi connectivity index (χ2n) is 24.7. The first-order valence-corrected chi connectivity index (χ1v) is 34.1. The zero-order valence-corrected chi connectivity index (χ0v) is 57.4. The van der Waals surface area contributed by atoms with Crippen molar-refractivity contribution in [1.29, 1.82) is 0 Å². The second-order valence-corrected chi connectivity index (χ2v) is 25.6.